The molecule has 5 N–H and O–H groups in total. The van der Waals surface area contributed by atoms with E-state index in [-0.39, 0.29) is 12.6 Å². The molecule has 0 fully saturated rings. The van der Waals surface area contributed by atoms with E-state index in [1.165, 1.54) is 57.8 Å². The van der Waals surface area contributed by atoms with Gasteiger partial charge in [0, 0.05) is 6.16 Å². The molecule has 1 aromatic carbocycles. The summed E-state index contributed by atoms with van der Waals surface area (Å²) in [5.41, 5.74) is 1.03. The van der Waals surface area contributed by atoms with Gasteiger partial charge in [-0.05, 0) is 12.0 Å². The first-order chi connectivity index (χ1) is 18.7. The second kappa shape index (κ2) is 24.6. The summed E-state index contributed by atoms with van der Waals surface area (Å²) in [6.45, 7) is 0.825. The zero-order valence-corrected chi connectivity index (χ0v) is 24.2. The summed E-state index contributed by atoms with van der Waals surface area (Å²) >= 11 is 0. The van der Waals surface area contributed by atoms with Crippen LogP contribution < -0.4 is 0 Å². The number of carbonyl (C=O) groups is 2. The van der Waals surface area contributed by atoms with Crippen molar-refractivity contribution in [3.8, 4) is 0 Å². The first-order valence-electron chi connectivity index (χ1n) is 13.6. The van der Waals surface area contributed by atoms with Crippen LogP contribution in [0.2, 0.25) is 0 Å². The molecule has 8 nitrogen and oxygen atoms in total. The highest BCUT2D eigenvalue weighted by molar-refractivity contribution is 7.51. The molecule has 0 radical (unpaired) electrons. The van der Waals surface area contributed by atoms with E-state index in [0.717, 1.165) is 18.4 Å². The van der Waals surface area contributed by atoms with Gasteiger partial charge in [-0.3, -0.25) is 14.2 Å². The van der Waals surface area contributed by atoms with Gasteiger partial charge in [0.05, 0.1) is 13.0 Å². The number of halogens is 3. The average Bonchev–Trinajstić information content (AvgIpc) is 2.84. The van der Waals surface area contributed by atoms with E-state index in [1.807, 2.05) is 30.3 Å². The molecular weight excluding hydrogens is 552 g/mol. The van der Waals surface area contributed by atoms with Gasteiger partial charge in [0.15, 0.2) is 5.92 Å². The van der Waals surface area contributed by atoms with Crippen LogP contribution in [-0.2, 0) is 14.2 Å². The standard InChI is InChI=1S/C14H31O3P.C10H10O2.C4H5F3O3/c1-2-3-4-5-6-7-8-9-10-11-12-13-14-18(15,16)17;11-10(12)8-4-7-9-5-2-1-3-6-9;5-4(6,7)2(1-8)3(9)10/h2-14H2,1H3,(H2,15,16,17);1-7H,8H2,(H,11,12);2,8H,1H2,(H,9,10). The number of aliphatic hydroxyl groups is 1. The van der Waals surface area contributed by atoms with Crippen molar-refractivity contribution in [2.75, 3.05) is 12.8 Å². The lowest BCUT2D eigenvalue weighted by Gasteiger charge is -2.11. The summed E-state index contributed by atoms with van der Waals surface area (Å²) in [7, 11) is -3.75. The van der Waals surface area contributed by atoms with Gasteiger partial charge >= 0.3 is 25.7 Å². The Kier molecular flexibility index (Phi) is 24.5. The highest BCUT2D eigenvalue weighted by Crippen LogP contribution is 2.35. The molecule has 1 atom stereocenters. The van der Waals surface area contributed by atoms with Crippen molar-refractivity contribution in [2.45, 2.75) is 96.6 Å². The maximum atomic E-state index is 11.4. The molecule has 0 aliphatic rings. The minimum absolute atomic E-state index is 0.0599. The Hall–Kier alpha value is -2.20. The molecule has 0 bridgehead atoms. The summed E-state index contributed by atoms with van der Waals surface area (Å²) in [6.07, 6.45) is 13.5. The van der Waals surface area contributed by atoms with Gasteiger partial charge in [-0.2, -0.15) is 13.2 Å². The summed E-state index contributed by atoms with van der Waals surface area (Å²) in [4.78, 5) is 37.2. The van der Waals surface area contributed by atoms with E-state index in [1.54, 1.807) is 12.2 Å². The first-order valence-corrected chi connectivity index (χ1v) is 15.4. The van der Waals surface area contributed by atoms with Crippen LogP contribution in [0, 0.1) is 5.92 Å². The van der Waals surface area contributed by atoms with E-state index in [4.69, 9.17) is 25.1 Å². The van der Waals surface area contributed by atoms with Crippen molar-refractivity contribution < 1.29 is 52.4 Å². The highest BCUT2D eigenvalue weighted by Gasteiger charge is 2.44. The molecule has 1 aromatic rings. The largest absolute Gasteiger partial charge is 0.481 e. The fourth-order valence-corrected chi connectivity index (χ4v) is 3.98. The number of carboxylic acid groups (broad SMARTS) is 2. The Labute approximate surface area is 235 Å². The maximum absolute atomic E-state index is 11.4. The number of unbranched alkanes of at least 4 members (excludes halogenated alkanes) is 11. The van der Waals surface area contributed by atoms with Gasteiger partial charge in [-0.25, -0.2) is 0 Å². The Morgan fingerprint density at radius 3 is 1.62 bits per heavy atom. The summed E-state index contributed by atoms with van der Waals surface area (Å²) < 4.78 is 44.9. The number of benzene rings is 1. The molecule has 1 unspecified atom stereocenters. The zero-order chi connectivity index (χ0) is 30.9. The fourth-order valence-electron chi connectivity index (χ4n) is 3.34. The van der Waals surface area contributed by atoms with Gasteiger partial charge in [0.2, 0.25) is 0 Å². The Morgan fingerprint density at radius 1 is 0.850 bits per heavy atom. The third-order valence-corrected chi connectivity index (χ3v) is 6.48. The van der Waals surface area contributed by atoms with Crippen molar-refractivity contribution in [2.24, 2.45) is 5.92 Å². The van der Waals surface area contributed by atoms with Gasteiger partial charge in [-0.15, -0.1) is 0 Å². The van der Waals surface area contributed by atoms with E-state index in [9.17, 15) is 27.3 Å². The Bertz CT molecular complexity index is 842. The average molecular weight is 599 g/mol. The van der Waals surface area contributed by atoms with E-state index in [0.29, 0.717) is 6.42 Å². The van der Waals surface area contributed by atoms with Gasteiger partial charge in [0.1, 0.15) is 0 Å². The lowest BCUT2D eigenvalue weighted by atomic mass is 10.1. The molecule has 0 aliphatic carbocycles. The molecule has 232 valence electrons. The number of hydrogen-bond donors (Lipinski definition) is 5. The molecule has 40 heavy (non-hydrogen) atoms. The van der Waals surface area contributed by atoms with Gasteiger partial charge in [0.25, 0.3) is 0 Å². The molecule has 0 saturated carbocycles. The molecule has 0 saturated heterocycles. The number of rotatable bonds is 18. The van der Waals surface area contributed by atoms with Crippen molar-refractivity contribution in [3.05, 3.63) is 42.0 Å². The smallest absolute Gasteiger partial charge is 0.404 e. The molecule has 0 aromatic heterocycles. The summed E-state index contributed by atoms with van der Waals surface area (Å²) in [5, 5.41) is 24.1. The Morgan fingerprint density at radius 2 is 1.30 bits per heavy atom. The van der Waals surface area contributed by atoms with Crippen LogP contribution in [0.1, 0.15) is 96.0 Å². The fraction of sp³-hybridized carbons (Fsp3) is 0.643. The normalized spacial score (nSPS) is 12.2. The minimum Gasteiger partial charge on any atom is -0.481 e. The van der Waals surface area contributed by atoms with Crippen molar-refractivity contribution in [1.29, 1.82) is 0 Å². The minimum atomic E-state index is -4.86. The molecule has 0 heterocycles. The van der Waals surface area contributed by atoms with Crippen LogP contribution in [0.3, 0.4) is 0 Å². The maximum Gasteiger partial charge on any atom is 0.404 e. The topological polar surface area (TPSA) is 152 Å². The lowest BCUT2D eigenvalue weighted by Crippen LogP contribution is -2.33. The predicted octanol–water partition coefficient (Wildman–Crippen LogP) is 7.28. The number of aliphatic carboxylic acids is 2. The van der Waals surface area contributed by atoms with Crippen molar-refractivity contribution >= 4 is 25.6 Å². The molecule has 1 rings (SSSR count). The predicted molar refractivity (Wildman–Crippen MR) is 150 cm³/mol. The number of carboxylic acids is 2. The molecule has 0 amide bonds. The van der Waals surface area contributed by atoms with Crippen LogP contribution in [-0.4, -0.2) is 56.0 Å². The van der Waals surface area contributed by atoms with Crippen molar-refractivity contribution in [3.63, 3.8) is 0 Å². The molecule has 0 aliphatic heterocycles. The number of hydrogen-bond acceptors (Lipinski definition) is 4. The molecule has 12 heteroatoms. The van der Waals surface area contributed by atoms with Crippen LogP contribution >= 0.6 is 7.60 Å². The summed E-state index contributed by atoms with van der Waals surface area (Å²) in [6, 6.07) is 9.62. The lowest BCUT2D eigenvalue weighted by molar-refractivity contribution is -0.199. The quantitative estimate of drug-likeness (QED) is 0.0873. The molecule has 0 spiro atoms. The number of aliphatic hydroxyl groups excluding tert-OH is 1. The van der Waals surface area contributed by atoms with E-state index >= 15 is 0 Å². The van der Waals surface area contributed by atoms with Gasteiger partial charge in [-0.1, -0.05) is 120 Å². The monoisotopic (exact) mass is 598 g/mol. The van der Waals surface area contributed by atoms with Crippen molar-refractivity contribution in [1.82, 2.24) is 0 Å². The second-order valence-electron chi connectivity index (χ2n) is 9.30. The van der Waals surface area contributed by atoms with Crippen LogP contribution in [0.25, 0.3) is 6.08 Å². The van der Waals surface area contributed by atoms with E-state index in [2.05, 4.69) is 6.92 Å². The highest BCUT2D eigenvalue weighted by atomic mass is 31.2. The van der Waals surface area contributed by atoms with E-state index < -0.39 is 38.2 Å². The van der Waals surface area contributed by atoms with Crippen LogP contribution in [0.15, 0.2) is 36.4 Å². The van der Waals surface area contributed by atoms with Crippen LogP contribution in [0.4, 0.5) is 13.2 Å². The first kappa shape index (κ1) is 39.9. The summed E-state index contributed by atoms with van der Waals surface area (Å²) in [5.74, 6) is -5.52. The third-order valence-electron chi connectivity index (χ3n) is 5.58. The molecular formula is C28H46F3O8P. The third kappa shape index (κ3) is 28.8. The van der Waals surface area contributed by atoms with Crippen LogP contribution in [0.5, 0.6) is 0 Å². The Balaban J connectivity index is 0. The second-order valence-corrected chi connectivity index (χ2v) is 11.1. The number of alkyl halides is 3. The SMILES string of the molecule is CCCCCCCCCCCCCCP(=O)(O)O.O=C(O)C(CO)C(F)(F)F.O=C(O)CC=Cc1ccccc1. The zero-order valence-electron chi connectivity index (χ0n) is 23.3. The van der Waals surface area contributed by atoms with Gasteiger partial charge < -0.3 is 25.1 Å².